The number of likely N-dealkylation sites (tertiary alicyclic amines) is 1. The van der Waals surface area contributed by atoms with Crippen LogP contribution in [0.1, 0.15) is 58.3 Å². The highest BCUT2D eigenvalue weighted by Gasteiger charge is 2.40. The van der Waals surface area contributed by atoms with Crippen LogP contribution < -0.4 is 11.1 Å². The number of hydrogen-bond donors (Lipinski definition) is 3. The summed E-state index contributed by atoms with van der Waals surface area (Å²) in [6.45, 7) is 3.87. The van der Waals surface area contributed by atoms with E-state index in [0.717, 1.165) is 57.5 Å². The number of carbonyl (C=O) groups excluding carboxylic acids is 1. The quantitative estimate of drug-likeness (QED) is 0.548. The molecule has 0 spiro atoms. The van der Waals surface area contributed by atoms with Gasteiger partial charge in [0.15, 0.2) is 0 Å². The zero-order chi connectivity index (χ0) is 14.6. The number of amidine groups is 1. The van der Waals surface area contributed by atoms with Crippen molar-refractivity contribution in [2.24, 2.45) is 11.7 Å². The van der Waals surface area contributed by atoms with E-state index in [9.17, 15) is 4.79 Å². The van der Waals surface area contributed by atoms with Crippen LogP contribution in [-0.2, 0) is 0 Å². The van der Waals surface area contributed by atoms with Crippen LogP contribution in [0.3, 0.4) is 0 Å². The zero-order valence-corrected chi connectivity index (χ0v) is 12.6. The summed E-state index contributed by atoms with van der Waals surface area (Å²) in [6.07, 6.45) is 8.26. The fraction of sp³-hybridized carbons (Fsp3) is 0.867. The average Bonchev–Trinajstić information content (AvgIpc) is 2.48. The summed E-state index contributed by atoms with van der Waals surface area (Å²) in [5.41, 5.74) is 5.22. The molecule has 0 atom stereocenters. The number of piperidine rings is 1. The number of nitrogens with zero attached hydrogens (tertiary/aromatic N) is 1. The van der Waals surface area contributed by atoms with Crippen LogP contribution in [0.2, 0.25) is 0 Å². The first-order valence-electron chi connectivity index (χ1n) is 7.99. The Morgan fingerprint density at radius 3 is 2.40 bits per heavy atom. The molecule has 2 amide bonds. The van der Waals surface area contributed by atoms with E-state index in [1.54, 1.807) is 0 Å². The van der Waals surface area contributed by atoms with Crippen molar-refractivity contribution in [1.82, 2.24) is 10.2 Å². The van der Waals surface area contributed by atoms with Crippen LogP contribution in [0.15, 0.2) is 0 Å². The van der Waals surface area contributed by atoms with Crippen molar-refractivity contribution in [1.29, 1.82) is 5.41 Å². The van der Waals surface area contributed by atoms with Crippen molar-refractivity contribution in [2.75, 3.05) is 13.1 Å². The van der Waals surface area contributed by atoms with Gasteiger partial charge in [0.05, 0.1) is 5.54 Å². The molecule has 0 aromatic rings. The topological polar surface area (TPSA) is 82.2 Å². The lowest BCUT2D eigenvalue weighted by atomic mass is 9.75. The van der Waals surface area contributed by atoms with Crippen LogP contribution in [-0.4, -0.2) is 35.4 Å². The smallest absolute Gasteiger partial charge is 0.318 e. The molecule has 5 heteroatoms. The maximum absolute atomic E-state index is 12.4. The summed E-state index contributed by atoms with van der Waals surface area (Å²) in [4.78, 5) is 14.3. The lowest BCUT2D eigenvalue weighted by molar-refractivity contribution is 0.167. The van der Waals surface area contributed by atoms with Crippen molar-refractivity contribution in [3.8, 4) is 0 Å². The van der Waals surface area contributed by atoms with Crippen LogP contribution in [0.5, 0.6) is 0 Å². The number of urea groups is 1. The van der Waals surface area contributed by atoms with Gasteiger partial charge in [0.1, 0.15) is 5.84 Å². The first-order chi connectivity index (χ1) is 9.57. The molecule has 1 saturated heterocycles. The van der Waals surface area contributed by atoms with Gasteiger partial charge in [0, 0.05) is 13.1 Å². The van der Waals surface area contributed by atoms with Crippen molar-refractivity contribution >= 4 is 11.9 Å². The van der Waals surface area contributed by atoms with E-state index in [1.807, 2.05) is 4.90 Å². The van der Waals surface area contributed by atoms with Crippen molar-refractivity contribution in [3.05, 3.63) is 0 Å². The highest BCUT2D eigenvalue weighted by Crippen LogP contribution is 2.34. The van der Waals surface area contributed by atoms with Crippen LogP contribution in [0, 0.1) is 11.3 Å². The van der Waals surface area contributed by atoms with Gasteiger partial charge in [-0.15, -0.1) is 0 Å². The molecule has 2 rings (SSSR count). The normalized spacial score (nSPS) is 30.9. The third kappa shape index (κ3) is 3.25. The minimum Gasteiger partial charge on any atom is -0.386 e. The maximum Gasteiger partial charge on any atom is 0.318 e. The van der Waals surface area contributed by atoms with E-state index < -0.39 is 5.54 Å². The minimum atomic E-state index is -0.597. The number of rotatable bonds is 3. The fourth-order valence-electron chi connectivity index (χ4n) is 3.42. The number of hydrogen-bond acceptors (Lipinski definition) is 2. The molecule has 0 aromatic heterocycles. The second kappa shape index (κ2) is 6.46. The van der Waals surface area contributed by atoms with Crippen LogP contribution in [0.4, 0.5) is 4.79 Å². The summed E-state index contributed by atoms with van der Waals surface area (Å²) < 4.78 is 0. The number of amides is 2. The molecule has 114 valence electrons. The average molecular weight is 280 g/mol. The van der Waals surface area contributed by atoms with Crippen LogP contribution >= 0.6 is 0 Å². The molecular formula is C15H28N4O. The SMILES string of the molecule is CCC1CCC(NC(=O)N2CCCCC2)(C(=N)N)CC1. The highest BCUT2D eigenvalue weighted by molar-refractivity contribution is 5.91. The van der Waals surface area contributed by atoms with Gasteiger partial charge in [-0.05, 0) is 50.9 Å². The van der Waals surface area contributed by atoms with Crippen molar-refractivity contribution < 1.29 is 4.79 Å². The van der Waals surface area contributed by atoms with E-state index >= 15 is 0 Å². The van der Waals surface area contributed by atoms with E-state index in [0.29, 0.717) is 0 Å². The second-order valence-corrected chi connectivity index (χ2v) is 6.33. The Morgan fingerprint density at radius 2 is 1.90 bits per heavy atom. The molecule has 0 radical (unpaired) electrons. The molecule has 4 N–H and O–H groups in total. The van der Waals surface area contributed by atoms with E-state index in [1.165, 1.54) is 12.8 Å². The largest absolute Gasteiger partial charge is 0.386 e. The van der Waals surface area contributed by atoms with Gasteiger partial charge in [-0.1, -0.05) is 13.3 Å². The van der Waals surface area contributed by atoms with Gasteiger partial charge in [-0.25, -0.2) is 4.79 Å². The zero-order valence-electron chi connectivity index (χ0n) is 12.6. The third-order valence-corrected chi connectivity index (χ3v) is 5.04. The molecule has 1 heterocycles. The van der Waals surface area contributed by atoms with Crippen molar-refractivity contribution in [2.45, 2.75) is 63.8 Å². The van der Waals surface area contributed by atoms with Crippen molar-refractivity contribution in [3.63, 3.8) is 0 Å². The summed E-state index contributed by atoms with van der Waals surface area (Å²) >= 11 is 0. The van der Waals surface area contributed by atoms with Gasteiger partial charge in [-0.3, -0.25) is 5.41 Å². The second-order valence-electron chi connectivity index (χ2n) is 6.33. The van der Waals surface area contributed by atoms with E-state index in [2.05, 4.69) is 12.2 Å². The molecule has 1 aliphatic heterocycles. The molecule has 5 nitrogen and oxygen atoms in total. The number of carbonyl (C=O) groups is 1. The standard InChI is InChI=1S/C15H28N4O/c1-2-12-6-8-15(9-7-12,13(16)17)18-14(20)19-10-4-3-5-11-19/h12H,2-11H2,1H3,(H3,16,17)(H,18,20). The van der Waals surface area contributed by atoms with E-state index in [-0.39, 0.29) is 11.9 Å². The minimum absolute atomic E-state index is 0.0325. The summed E-state index contributed by atoms with van der Waals surface area (Å²) in [6, 6.07) is -0.0325. The number of nitrogens with two attached hydrogens (primary N) is 1. The first kappa shape index (κ1) is 15.1. The van der Waals surface area contributed by atoms with Gasteiger partial charge < -0.3 is 16.0 Å². The Bertz CT molecular complexity index is 355. The summed E-state index contributed by atoms with van der Waals surface area (Å²) in [5, 5.41) is 11.0. The molecule has 0 unspecified atom stereocenters. The monoisotopic (exact) mass is 280 g/mol. The first-order valence-corrected chi connectivity index (χ1v) is 7.99. The molecule has 0 aromatic carbocycles. The predicted molar refractivity (Wildman–Crippen MR) is 80.8 cm³/mol. The van der Waals surface area contributed by atoms with Gasteiger partial charge in [0.2, 0.25) is 0 Å². The Kier molecular flexibility index (Phi) is 4.89. The Hall–Kier alpha value is -1.26. The number of nitrogens with one attached hydrogen (secondary N) is 2. The molecule has 0 bridgehead atoms. The maximum atomic E-state index is 12.4. The van der Waals surface area contributed by atoms with Gasteiger partial charge in [-0.2, -0.15) is 0 Å². The van der Waals surface area contributed by atoms with Gasteiger partial charge >= 0.3 is 6.03 Å². The molecule has 1 saturated carbocycles. The third-order valence-electron chi connectivity index (χ3n) is 5.04. The molecule has 2 aliphatic rings. The highest BCUT2D eigenvalue weighted by atomic mass is 16.2. The van der Waals surface area contributed by atoms with Crippen LogP contribution in [0.25, 0.3) is 0 Å². The van der Waals surface area contributed by atoms with Gasteiger partial charge in [0.25, 0.3) is 0 Å². The summed E-state index contributed by atoms with van der Waals surface area (Å²) in [5.74, 6) is 0.840. The predicted octanol–water partition coefficient (Wildman–Crippen LogP) is 2.46. The fourth-order valence-corrected chi connectivity index (χ4v) is 3.42. The Labute approximate surface area is 121 Å². The molecule has 2 fully saturated rings. The Balaban J connectivity index is 1.98. The molecule has 20 heavy (non-hydrogen) atoms. The summed E-state index contributed by atoms with van der Waals surface area (Å²) in [7, 11) is 0. The molecular weight excluding hydrogens is 252 g/mol. The molecule has 1 aliphatic carbocycles. The van der Waals surface area contributed by atoms with E-state index in [4.69, 9.17) is 11.1 Å². The Morgan fingerprint density at radius 1 is 1.30 bits per heavy atom. The lowest BCUT2D eigenvalue weighted by Gasteiger charge is -2.41. The lowest BCUT2D eigenvalue weighted by Crippen LogP contribution is -2.61.